The smallest absolute Gasteiger partial charge is 0.254 e. The minimum Gasteiger partial charge on any atom is -0.379 e. The first-order chi connectivity index (χ1) is 14.2. The van der Waals surface area contributed by atoms with E-state index in [1.807, 2.05) is 12.1 Å². The van der Waals surface area contributed by atoms with Crippen LogP contribution in [0.3, 0.4) is 0 Å². The van der Waals surface area contributed by atoms with E-state index in [1.54, 1.807) is 41.6 Å². The van der Waals surface area contributed by atoms with Crippen LogP contribution in [-0.4, -0.2) is 67.3 Å². The van der Waals surface area contributed by atoms with Crippen LogP contribution in [-0.2, 0) is 15.9 Å². The first kappa shape index (κ1) is 19.5. The van der Waals surface area contributed by atoms with Crippen molar-refractivity contribution in [3.63, 3.8) is 0 Å². The summed E-state index contributed by atoms with van der Waals surface area (Å²) in [6.45, 7) is 3.46. The van der Waals surface area contributed by atoms with E-state index in [2.05, 4.69) is 10.3 Å². The number of amides is 2. The van der Waals surface area contributed by atoms with Crippen LogP contribution in [0.25, 0.3) is 0 Å². The maximum absolute atomic E-state index is 12.7. The zero-order valence-corrected chi connectivity index (χ0v) is 16.3. The van der Waals surface area contributed by atoms with Gasteiger partial charge in [0, 0.05) is 42.5 Å². The monoisotopic (exact) mass is 395 g/mol. The van der Waals surface area contributed by atoms with E-state index in [4.69, 9.17) is 9.47 Å². The average Bonchev–Trinajstić information content (AvgIpc) is 3.21. The number of hydrogen-bond donors (Lipinski definition) is 1. The quantitative estimate of drug-likeness (QED) is 0.831. The topological polar surface area (TPSA) is 80.8 Å². The predicted octanol–water partition coefficient (Wildman–Crippen LogP) is 1.54. The number of hydrogen-bond acceptors (Lipinski definition) is 5. The molecule has 4 rings (SSSR count). The predicted molar refractivity (Wildman–Crippen MR) is 107 cm³/mol. The fraction of sp³-hybridized carbons (Fsp3) is 0.409. The summed E-state index contributed by atoms with van der Waals surface area (Å²) >= 11 is 0. The molecule has 2 atom stereocenters. The van der Waals surface area contributed by atoms with Crippen LogP contribution in [0, 0.1) is 5.92 Å². The van der Waals surface area contributed by atoms with Crippen molar-refractivity contribution in [2.24, 2.45) is 5.92 Å². The summed E-state index contributed by atoms with van der Waals surface area (Å²) in [7, 11) is 0. The Hall–Kier alpha value is -2.77. The first-order valence-corrected chi connectivity index (χ1v) is 9.95. The van der Waals surface area contributed by atoms with Gasteiger partial charge in [-0.1, -0.05) is 0 Å². The molecule has 0 spiro atoms. The van der Waals surface area contributed by atoms with E-state index in [0.717, 1.165) is 6.42 Å². The normalized spacial score (nSPS) is 21.7. The van der Waals surface area contributed by atoms with E-state index in [1.165, 1.54) is 5.56 Å². The van der Waals surface area contributed by atoms with Gasteiger partial charge in [-0.05, 0) is 48.4 Å². The molecule has 0 radical (unpaired) electrons. The number of nitrogens with zero attached hydrogens (tertiary/aromatic N) is 2. The van der Waals surface area contributed by atoms with Gasteiger partial charge < -0.3 is 19.7 Å². The summed E-state index contributed by atoms with van der Waals surface area (Å²) in [4.78, 5) is 31.0. The Morgan fingerprint density at radius 2 is 1.66 bits per heavy atom. The summed E-state index contributed by atoms with van der Waals surface area (Å²) in [6.07, 6.45) is 4.39. The van der Waals surface area contributed by atoms with Gasteiger partial charge in [0.25, 0.3) is 11.8 Å². The molecule has 7 heteroatoms. The molecule has 2 fully saturated rings. The second-order valence-electron chi connectivity index (χ2n) is 7.42. The Bertz CT molecular complexity index is 835. The lowest BCUT2D eigenvalue weighted by molar-refractivity contribution is 0.0303. The third-order valence-corrected chi connectivity index (χ3v) is 5.45. The van der Waals surface area contributed by atoms with Crippen molar-refractivity contribution >= 4 is 11.8 Å². The summed E-state index contributed by atoms with van der Waals surface area (Å²) in [5.41, 5.74) is 2.31. The van der Waals surface area contributed by atoms with Gasteiger partial charge in [-0.25, -0.2) is 0 Å². The fourth-order valence-electron chi connectivity index (χ4n) is 3.75. The van der Waals surface area contributed by atoms with E-state index in [-0.39, 0.29) is 23.8 Å². The first-order valence-electron chi connectivity index (χ1n) is 9.95. The second-order valence-corrected chi connectivity index (χ2v) is 7.42. The highest BCUT2D eigenvalue weighted by Crippen LogP contribution is 2.19. The van der Waals surface area contributed by atoms with Crippen LogP contribution in [0.4, 0.5) is 0 Å². The zero-order chi connectivity index (χ0) is 20.1. The molecule has 2 amide bonds. The van der Waals surface area contributed by atoms with Crippen LogP contribution < -0.4 is 5.32 Å². The number of ether oxygens (including phenoxy) is 2. The third-order valence-electron chi connectivity index (χ3n) is 5.45. The third kappa shape index (κ3) is 4.81. The summed E-state index contributed by atoms with van der Waals surface area (Å²) in [5, 5.41) is 3.09. The highest BCUT2D eigenvalue weighted by molar-refractivity contribution is 5.98. The number of rotatable bonds is 5. The number of morpholine rings is 1. The average molecular weight is 395 g/mol. The highest BCUT2D eigenvalue weighted by Gasteiger charge is 2.30. The molecule has 1 aromatic heterocycles. The summed E-state index contributed by atoms with van der Waals surface area (Å²) in [6, 6.07) is 10.8. The molecular formula is C22H25N3O4. The van der Waals surface area contributed by atoms with Gasteiger partial charge in [0.05, 0.1) is 32.5 Å². The lowest BCUT2D eigenvalue weighted by Gasteiger charge is -2.26. The maximum Gasteiger partial charge on any atom is 0.254 e. The van der Waals surface area contributed by atoms with Gasteiger partial charge in [0.1, 0.15) is 0 Å². The molecule has 0 bridgehead atoms. The van der Waals surface area contributed by atoms with Crippen LogP contribution in [0.2, 0.25) is 0 Å². The van der Waals surface area contributed by atoms with Crippen molar-refractivity contribution in [1.82, 2.24) is 15.2 Å². The molecular weight excluding hydrogens is 370 g/mol. The molecule has 1 aromatic carbocycles. The van der Waals surface area contributed by atoms with E-state index < -0.39 is 0 Å². The van der Waals surface area contributed by atoms with E-state index in [9.17, 15) is 9.59 Å². The van der Waals surface area contributed by atoms with Crippen molar-refractivity contribution in [3.05, 3.63) is 65.5 Å². The van der Waals surface area contributed by atoms with Crippen LogP contribution in [0.15, 0.2) is 48.8 Å². The van der Waals surface area contributed by atoms with Gasteiger partial charge >= 0.3 is 0 Å². The Morgan fingerprint density at radius 3 is 2.38 bits per heavy atom. The van der Waals surface area contributed by atoms with Gasteiger partial charge in [-0.15, -0.1) is 0 Å². The van der Waals surface area contributed by atoms with E-state index in [0.29, 0.717) is 50.6 Å². The minimum absolute atomic E-state index is 0.0260. The Balaban J connectivity index is 1.36. The van der Waals surface area contributed by atoms with Crippen LogP contribution >= 0.6 is 0 Å². The standard InChI is InChI=1S/C22H25N3O4/c26-21(24-20-15-29-14-19(20)13-16-5-7-23-8-6-16)17-1-3-18(4-2-17)22(27)25-9-11-28-12-10-25/h1-8,19-20H,9-15H2,(H,24,26)/t19-,20+/m1/s1. The van der Waals surface area contributed by atoms with Crippen LogP contribution in [0.1, 0.15) is 26.3 Å². The van der Waals surface area contributed by atoms with Crippen molar-refractivity contribution in [2.75, 3.05) is 39.5 Å². The number of nitrogens with one attached hydrogen (secondary N) is 1. The Labute approximate surface area is 170 Å². The molecule has 152 valence electrons. The summed E-state index contributed by atoms with van der Waals surface area (Å²) < 4.78 is 10.9. The lowest BCUT2D eigenvalue weighted by atomic mass is 9.95. The molecule has 0 saturated carbocycles. The largest absolute Gasteiger partial charge is 0.379 e. The lowest BCUT2D eigenvalue weighted by Crippen LogP contribution is -2.41. The van der Waals surface area contributed by atoms with Crippen molar-refractivity contribution in [3.8, 4) is 0 Å². The Kier molecular flexibility index (Phi) is 6.17. The number of benzene rings is 1. The number of carbonyl (C=O) groups excluding carboxylic acids is 2. The molecule has 0 unspecified atom stereocenters. The molecule has 1 N–H and O–H groups in total. The molecule has 0 aliphatic carbocycles. The molecule has 7 nitrogen and oxygen atoms in total. The highest BCUT2D eigenvalue weighted by atomic mass is 16.5. The zero-order valence-electron chi connectivity index (χ0n) is 16.3. The molecule has 2 aliphatic heterocycles. The van der Waals surface area contributed by atoms with E-state index >= 15 is 0 Å². The number of pyridine rings is 1. The molecule has 3 heterocycles. The fourth-order valence-corrected chi connectivity index (χ4v) is 3.75. The van der Waals surface area contributed by atoms with Crippen molar-refractivity contribution in [2.45, 2.75) is 12.5 Å². The molecule has 2 aliphatic rings. The number of aromatic nitrogens is 1. The molecule has 2 saturated heterocycles. The second kappa shape index (κ2) is 9.15. The van der Waals surface area contributed by atoms with Gasteiger partial charge in [-0.2, -0.15) is 0 Å². The molecule has 29 heavy (non-hydrogen) atoms. The van der Waals surface area contributed by atoms with Gasteiger partial charge in [0.2, 0.25) is 0 Å². The van der Waals surface area contributed by atoms with Crippen LogP contribution in [0.5, 0.6) is 0 Å². The number of carbonyl (C=O) groups is 2. The molecule has 2 aromatic rings. The maximum atomic E-state index is 12.7. The SMILES string of the molecule is O=C(N[C@H]1COC[C@H]1Cc1ccncc1)c1ccc(C(=O)N2CCOCC2)cc1. The Morgan fingerprint density at radius 1 is 0.966 bits per heavy atom. The summed E-state index contributed by atoms with van der Waals surface area (Å²) in [5.74, 6) is 0.0518. The van der Waals surface area contributed by atoms with Crippen molar-refractivity contribution in [1.29, 1.82) is 0 Å². The van der Waals surface area contributed by atoms with Gasteiger partial charge in [0.15, 0.2) is 0 Å². The van der Waals surface area contributed by atoms with Gasteiger partial charge in [-0.3, -0.25) is 14.6 Å². The minimum atomic E-state index is -0.148. The van der Waals surface area contributed by atoms with Crippen molar-refractivity contribution < 1.29 is 19.1 Å².